The molecular weight excluding hydrogens is 346 g/mol. The smallest absolute Gasteiger partial charge is 0.338 e. The normalized spacial score (nSPS) is 13.5. The van der Waals surface area contributed by atoms with E-state index in [2.05, 4.69) is 12.2 Å². The molecule has 1 atom stereocenters. The van der Waals surface area contributed by atoms with Crippen molar-refractivity contribution in [1.29, 1.82) is 0 Å². The molecule has 2 aromatic carbocycles. The maximum atomic E-state index is 12.2. The molecule has 142 valence electrons. The Labute approximate surface area is 158 Å². The van der Waals surface area contributed by atoms with Crippen molar-refractivity contribution in [2.45, 2.75) is 25.8 Å². The fraction of sp³-hybridized carbons (Fsp3) is 0.333. The molecule has 0 aromatic heterocycles. The van der Waals surface area contributed by atoms with E-state index in [9.17, 15) is 9.59 Å². The van der Waals surface area contributed by atoms with Crippen LogP contribution in [0.15, 0.2) is 48.5 Å². The molecule has 0 bridgehead atoms. The van der Waals surface area contributed by atoms with Gasteiger partial charge in [-0.25, -0.2) is 4.79 Å². The summed E-state index contributed by atoms with van der Waals surface area (Å²) >= 11 is 0. The van der Waals surface area contributed by atoms with E-state index >= 15 is 0 Å². The number of carbonyl (C=O) groups is 2. The lowest BCUT2D eigenvalue weighted by Gasteiger charge is -2.19. The van der Waals surface area contributed by atoms with Gasteiger partial charge in [0.1, 0.15) is 13.2 Å². The van der Waals surface area contributed by atoms with E-state index in [0.717, 1.165) is 18.4 Å². The van der Waals surface area contributed by atoms with Crippen molar-refractivity contribution in [2.24, 2.45) is 0 Å². The number of fused-ring (bicyclic) bond motifs is 1. The van der Waals surface area contributed by atoms with Crippen molar-refractivity contribution in [2.75, 3.05) is 19.8 Å². The standard InChI is InChI=1S/C21H23NO5/c1-2-6-17(15-7-4-3-5-8-15)22-20(23)14-27-21(24)16-9-10-18-19(13-16)26-12-11-25-18/h3-5,7-10,13,17H,2,6,11-12,14H2,1H3,(H,22,23)/t17-/m0/s1. The molecule has 0 unspecified atom stereocenters. The second-order valence-corrected chi connectivity index (χ2v) is 6.25. The summed E-state index contributed by atoms with van der Waals surface area (Å²) in [6.07, 6.45) is 1.74. The highest BCUT2D eigenvalue weighted by atomic mass is 16.6. The van der Waals surface area contributed by atoms with Gasteiger partial charge < -0.3 is 19.5 Å². The number of esters is 1. The summed E-state index contributed by atoms with van der Waals surface area (Å²) < 4.78 is 16.0. The van der Waals surface area contributed by atoms with E-state index in [-0.39, 0.29) is 18.6 Å². The zero-order valence-corrected chi connectivity index (χ0v) is 15.3. The molecule has 1 amide bonds. The SMILES string of the molecule is CCC[C@H](NC(=O)COC(=O)c1ccc2c(c1)OCCO2)c1ccccc1. The summed E-state index contributed by atoms with van der Waals surface area (Å²) in [5.41, 5.74) is 1.35. The molecule has 0 spiro atoms. The van der Waals surface area contributed by atoms with Gasteiger partial charge in [-0.2, -0.15) is 0 Å². The van der Waals surface area contributed by atoms with E-state index in [1.807, 2.05) is 30.3 Å². The van der Waals surface area contributed by atoms with Gasteiger partial charge in [-0.15, -0.1) is 0 Å². The fourth-order valence-corrected chi connectivity index (χ4v) is 2.92. The van der Waals surface area contributed by atoms with Crippen LogP contribution in [0.1, 0.15) is 41.7 Å². The highest BCUT2D eigenvalue weighted by molar-refractivity contribution is 5.92. The van der Waals surface area contributed by atoms with E-state index in [4.69, 9.17) is 14.2 Å². The van der Waals surface area contributed by atoms with Gasteiger partial charge in [0.25, 0.3) is 5.91 Å². The third-order valence-corrected chi connectivity index (χ3v) is 4.23. The number of nitrogens with one attached hydrogen (secondary N) is 1. The molecule has 27 heavy (non-hydrogen) atoms. The van der Waals surface area contributed by atoms with Crippen LogP contribution >= 0.6 is 0 Å². The highest BCUT2D eigenvalue weighted by Gasteiger charge is 2.18. The van der Waals surface area contributed by atoms with Crippen LogP contribution < -0.4 is 14.8 Å². The van der Waals surface area contributed by atoms with E-state index in [0.29, 0.717) is 30.3 Å². The Hall–Kier alpha value is -3.02. The average Bonchev–Trinajstić information content (AvgIpc) is 2.72. The monoisotopic (exact) mass is 369 g/mol. The molecule has 0 radical (unpaired) electrons. The Kier molecular flexibility index (Phi) is 6.30. The molecule has 1 aliphatic rings. The number of hydrogen-bond acceptors (Lipinski definition) is 5. The number of rotatable bonds is 7. The van der Waals surface area contributed by atoms with Crippen LogP contribution in [0.4, 0.5) is 0 Å². The Bertz CT molecular complexity index is 790. The minimum atomic E-state index is -0.575. The molecule has 6 heteroatoms. The summed E-state index contributed by atoms with van der Waals surface area (Å²) in [5.74, 6) is 0.199. The number of amides is 1. The molecule has 0 fully saturated rings. The Morgan fingerprint density at radius 1 is 1.07 bits per heavy atom. The molecule has 0 saturated heterocycles. The molecule has 1 heterocycles. The Morgan fingerprint density at radius 2 is 1.81 bits per heavy atom. The van der Waals surface area contributed by atoms with E-state index in [1.54, 1.807) is 18.2 Å². The van der Waals surface area contributed by atoms with E-state index < -0.39 is 5.97 Å². The van der Waals surface area contributed by atoms with Crippen molar-refractivity contribution in [1.82, 2.24) is 5.32 Å². The van der Waals surface area contributed by atoms with Crippen molar-refractivity contribution in [3.05, 3.63) is 59.7 Å². The lowest BCUT2D eigenvalue weighted by molar-refractivity contribution is -0.125. The largest absolute Gasteiger partial charge is 0.486 e. The van der Waals surface area contributed by atoms with E-state index in [1.165, 1.54) is 0 Å². The number of benzene rings is 2. The van der Waals surface area contributed by atoms with Crippen LogP contribution in [0.5, 0.6) is 11.5 Å². The summed E-state index contributed by atoms with van der Waals surface area (Å²) in [4.78, 5) is 24.5. The zero-order chi connectivity index (χ0) is 19.1. The van der Waals surface area contributed by atoms with Crippen LogP contribution in [0.3, 0.4) is 0 Å². The number of carbonyl (C=O) groups excluding carboxylic acids is 2. The lowest BCUT2D eigenvalue weighted by atomic mass is 10.0. The molecule has 0 aliphatic carbocycles. The maximum Gasteiger partial charge on any atom is 0.338 e. The predicted octanol–water partition coefficient (Wildman–Crippen LogP) is 3.27. The van der Waals surface area contributed by atoms with Crippen molar-refractivity contribution < 1.29 is 23.8 Å². The first kappa shape index (κ1) is 18.8. The first-order valence-electron chi connectivity index (χ1n) is 9.08. The summed E-state index contributed by atoms with van der Waals surface area (Å²) in [6.45, 7) is 2.65. The molecule has 3 rings (SSSR count). The summed E-state index contributed by atoms with van der Waals surface area (Å²) in [5, 5.41) is 2.93. The molecule has 1 N–H and O–H groups in total. The number of ether oxygens (including phenoxy) is 3. The van der Waals surface area contributed by atoms with Crippen LogP contribution in [0.25, 0.3) is 0 Å². The molecule has 2 aromatic rings. The molecule has 0 saturated carbocycles. The molecule has 6 nitrogen and oxygen atoms in total. The second kappa shape index (κ2) is 9.07. The van der Waals surface area contributed by atoms with Crippen molar-refractivity contribution in [3.8, 4) is 11.5 Å². The zero-order valence-electron chi connectivity index (χ0n) is 15.3. The minimum Gasteiger partial charge on any atom is -0.486 e. The second-order valence-electron chi connectivity index (χ2n) is 6.25. The topological polar surface area (TPSA) is 73.9 Å². The number of hydrogen-bond donors (Lipinski definition) is 1. The van der Waals surface area contributed by atoms with Gasteiger partial charge in [-0.1, -0.05) is 43.7 Å². The van der Waals surface area contributed by atoms with Gasteiger partial charge in [-0.05, 0) is 30.2 Å². The van der Waals surface area contributed by atoms with Gasteiger partial charge in [0.2, 0.25) is 0 Å². The van der Waals surface area contributed by atoms with Crippen LogP contribution in [-0.2, 0) is 9.53 Å². The van der Waals surface area contributed by atoms with Crippen LogP contribution in [-0.4, -0.2) is 31.7 Å². The average molecular weight is 369 g/mol. The summed E-state index contributed by atoms with van der Waals surface area (Å²) in [7, 11) is 0. The highest BCUT2D eigenvalue weighted by Crippen LogP contribution is 2.30. The predicted molar refractivity (Wildman–Crippen MR) is 99.9 cm³/mol. The fourth-order valence-electron chi connectivity index (χ4n) is 2.92. The van der Waals surface area contributed by atoms with Crippen molar-refractivity contribution in [3.63, 3.8) is 0 Å². The summed E-state index contributed by atoms with van der Waals surface area (Å²) in [6, 6.07) is 14.5. The third-order valence-electron chi connectivity index (χ3n) is 4.23. The van der Waals surface area contributed by atoms with Gasteiger partial charge in [0, 0.05) is 0 Å². The Morgan fingerprint density at radius 3 is 2.56 bits per heavy atom. The quantitative estimate of drug-likeness (QED) is 0.758. The Balaban J connectivity index is 1.55. The van der Waals surface area contributed by atoms with Crippen LogP contribution in [0, 0.1) is 0 Å². The first-order chi connectivity index (χ1) is 13.2. The lowest BCUT2D eigenvalue weighted by Crippen LogP contribution is -2.32. The van der Waals surface area contributed by atoms with Gasteiger partial charge in [0.15, 0.2) is 18.1 Å². The van der Waals surface area contributed by atoms with Gasteiger partial charge in [-0.3, -0.25) is 4.79 Å². The molecule has 1 aliphatic heterocycles. The molecular formula is C21H23NO5. The third kappa shape index (κ3) is 5.00. The van der Waals surface area contributed by atoms with Gasteiger partial charge in [0.05, 0.1) is 11.6 Å². The maximum absolute atomic E-state index is 12.2. The van der Waals surface area contributed by atoms with Gasteiger partial charge >= 0.3 is 5.97 Å². The van der Waals surface area contributed by atoms with Crippen LogP contribution in [0.2, 0.25) is 0 Å². The first-order valence-corrected chi connectivity index (χ1v) is 9.08. The minimum absolute atomic E-state index is 0.100. The van der Waals surface area contributed by atoms with Crippen molar-refractivity contribution >= 4 is 11.9 Å².